The first-order valence-corrected chi connectivity index (χ1v) is 8.84. The molecule has 0 aliphatic rings. The van der Waals surface area contributed by atoms with E-state index in [0.29, 0.717) is 18.3 Å². The van der Waals surface area contributed by atoms with Gasteiger partial charge in [0, 0.05) is 30.0 Å². The molecule has 0 aliphatic carbocycles. The van der Waals surface area contributed by atoms with Crippen LogP contribution in [0.1, 0.15) is 29.1 Å². The molecule has 126 valence electrons. The first-order chi connectivity index (χ1) is 11.8. The van der Waals surface area contributed by atoms with E-state index >= 15 is 0 Å². The average molecular weight is 343 g/mol. The molecule has 0 unspecified atom stereocenters. The van der Waals surface area contributed by atoms with Crippen molar-refractivity contribution in [2.75, 3.05) is 7.11 Å². The first kappa shape index (κ1) is 16.7. The van der Waals surface area contributed by atoms with E-state index < -0.39 is 0 Å². The van der Waals surface area contributed by atoms with E-state index in [1.807, 2.05) is 25.1 Å². The van der Waals surface area contributed by atoms with E-state index in [1.54, 1.807) is 18.4 Å². The molecule has 0 radical (unpaired) electrons. The molecule has 3 rings (SSSR count). The Morgan fingerprint density at radius 1 is 1.04 bits per heavy atom. The number of para-hydroxylation sites is 1. The number of rotatable bonds is 8. The number of hydrogen-bond donors (Lipinski definition) is 0. The number of thiophene rings is 1. The molecule has 2 heterocycles. The van der Waals surface area contributed by atoms with Gasteiger partial charge in [0.25, 0.3) is 0 Å². The topological polar surface area (TPSA) is 51.4 Å². The first-order valence-electron chi connectivity index (χ1n) is 7.96. The van der Waals surface area contributed by atoms with Gasteiger partial charge in [-0.15, -0.1) is 21.5 Å². The predicted molar refractivity (Wildman–Crippen MR) is 93.9 cm³/mol. The van der Waals surface area contributed by atoms with Gasteiger partial charge < -0.3 is 9.15 Å². The van der Waals surface area contributed by atoms with Gasteiger partial charge in [-0.1, -0.05) is 31.2 Å². The summed E-state index contributed by atoms with van der Waals surface area (Å²) in [6.07, 6.45) is 0.754. The fourth-order valence-corrected chi connectivity index (χ4v) is 3.30. The minimum Gasteiger partial charge on any atom is -0.496 e. The maximum Gasteiger partial charge on any atom is 0.230 e. The molecule has 0 bridgehead atoms. The second kappa shape index (κ2) is 8.08. The third-order valence-corrected chi connectivity index (χ3v) is 4.58. The molecule has 3 aromatic rings. The summed E-state index contributed by atoms with van der Waals surface area (Å²) in [5, 5.41) is 10.3. The number of hydrogen-bond acceptors (Lipinski definition) is 6. The molecule has 0 fully saturated rings. The number of ether oxygens (including phenoxy) is 1. The Morgan fingerprint density at radius 3 is 2.58 bits per heavy atom. The van der Waals surface area contributed by atoms with E-state index in [-0.39, 0.29) is 0 Å². The smallest absolute Gasteiger partial charge is 0.230 e. The third kappa shape index (κ3) is 4.21. The van der Waals surface area contributed by atoms with Crippen molar-refractivity contribution in [3.05, 3.63) is 64.0 Å². The van der Waals surface area contributed by atoms with E-state index in [1.165, 1.54) is 4.88 Å². The van der Waals surface area contributed by atoms with Crippen LogP contribution in [-0.2, 0) is 26.1 Å². The summed E-state index contributed by atoms with van der Waals surface area (Å²) in [6.45, 7) is 4.21. The molecule has 1 aromatic carbocycles. The third-order valence-electron chi connectivity index (χ3n) is 3.72. The summed E-state index contributed by atoms with van der Waals surface area (Å²) in [6, 6.07) is 12.3. The highest BCUT2D eigenvalue weighted by Crippen LogP contribution is 2.22. The van der Waals surface area contributed by atoms with Gasteiger partial charge in [0.15, 0.2) is 0 Å². The molecule has 5 nitrogen and oxygen atoms in total. The van der Waals surface area contributed by atoms with E-state index in [2.05, 4.69) is 38.7 Å². The SMILES string of the molecule is CCc1nnc(CN(Cc2cccs2)Cc2ccccc2OC)o1. The fraction of sp³-hybridized carbons (Fsp3) is 0.333. The minimum absolute atomic E-state index is 0.614. The quantitative estimate of drug-likeness (QED) is 0.621. The lowest BCUT2D eigenvalue weighted by atomic mass is 10.2. The van der Waals surface area contributed by atoms with Crippen molar-refractivity contribution in [1.82, 2.24) is 15.1 Å². The van der Waals surface area contributed by atoms with E-state index in [4.69, 9.17) is 9.15 Å². The summed E-state index contributed by atoms with van der Waals surface area (Å²) in [7, 11) is 1.70. The summed E-state index contributed by atoms with van der Waals surface area (Å²) in [5.74, 6) is 2.23. The summed E-state index contributed by atoms with van der Waals surface area (Å²) < 4.78 is 11.2. The van der Waals surface area contributed by atoms with Crippen molar-refractivity contribution >= 4 is 11.3 Å². The van der Waals surface area contributed by atoms with E-state index in [9.17, 15) is 0 Å². The van der Waals surface area contributed by atoms with Crippen molar-refractivity contribution < 1.29 is 9.15 Å². The molecule has 2 aromatic heterocycles. The predicted octanol–water partition coefficient (Wildman–Crippen LogP) is 3.90. The summed E-state index contributed by atoms with van der Waals surface area (Å²) in [4.78, 5) is 3.59. The molecule has 0 saturated carbocycles. The Labute approximate surface area is 145 Å². The van der Waals surface area contributed by atoms with Gasteiger partial charge in [0.2, 0.25) is 11.8 Å². The lowest BCUT2D eigenvalue weighted by Gasteiger charge is -2.21. The molecule has 24 heavy (non-hydrogen) atoms. The fourth-order valence-electron chi connectivity index (χ4n) is 2.55. The Hall–Kier alpha value is -2.18. The number of benzene rings is 1. The highest BCUT2D eigenvalue weighted by Gasteiger charge is 2.15. The minimum atomic E-state index is 0.614. The summed E-state index contributed by atoms with van der Waals surface area (Å²) >= 11 is 1.75. The molecule has 0 aliphatic heterocycles. The second-order valence-electron chi connectivity index (χ2n) is 5.48. The molecular weight excluding hydrogens is 322 g/mol. The number of methoxy groups -OCH3 is 1. The van der Waals surface area contributed by atoms with Crippen molar-refractivity contribution in [1.29, 1.82) is 0 Å². The summed E-state index contributed by atoms with van der Waals surface area (Å²) in [5.41, 5.74) is 1.15. The molecule has 0 N–H and O–H groups in total. The van der Waals surface area contributed by atoms with Crippen LogP contribution in [0, 0.1) is 0 Å². The lowest BCUT2D eigenvalue weighted by Crippen LogP contribution is -2.22. The monoisotopic (exact) mass is 343 g/mol. The molecule has 0 spiro atoms. The van der Waals surface area contributed by atoms with Crippen LogP contribution in [0.4, 0.5) is 0 Å². The van der Waals surface area contributed by atoms with Crippen LogP contribution in [0.3, 0.4) is 0 Å². The molecule has 6 heteroatoms. The Balaban J connectivity index is 1.78. The van der Waals surface area contributed by atoms with Gasteiger partial charge in [0.05, 0.1) is 13.7 Å². The van der Waals surface area contributed by atoms with Gasteiger partial charge in [-0.2, -0.15) is 0 Å². The van der Waals surface area contributed by atoms with Crippen LogP contribution in [0.2, 0.25) is 0 Å². The maximum absolute atomic E-state index is 5.69. The number of aryl methyl sites for hydroxylation is 1. The highest BCUT2D eigenvalue weighted by atomic mass is 32.1. The Kier molecular flexibility index (Phi) is 5.61. The zero-order chi connectivity index (χ0) is 16.8. The molecule has 0 saturated heterocycles. The van der Waals surface area contributed by atoms with Crippen LogP contribution in [0.15, 0.2) is 46.2 Å². The van der Waals surface area contributed by atoms with Crippen LogP contribution in [-0.4, -0.2) is 22.2 Å². The average Bonchev–Trinajstić information content (AvgIpc) is 3.27. The highest BCUT2D eigenvalue weighted by molar-refractivity contribution is 7.09. The Morgan fingerprint density at radius 2 is 1.88 bits per heavy atom. The molecule has 0 amide bonds. The van der Waals surface area contributed by atoms with Crippen LogP contribution in [0.5, 0.6) is 5.75 Å². The van der Waals surface area contributed by atoms with Crippen LogP contribution >= 0.6 is 11.3 Å². The van der Waals surface area contributed by atoms with Gasteiger partial charge in [-0.3, -0.25) is 4.90 Å². The maximum atomic E-state index is 5.69. The largest absolute Gasteiger partial charge is 0.496 e. The van der Waals surface area contributed by atoms with Crippen molar-refractivity contribution in [2.24, 2.45) is 0 Å². The Bertz CT molecular complexity index is 755. The van der Waals surface area contributed by atoms with Gasteiger partial charge in [-0.05, 0) is 17.5 Å². The van der Waals surface area contributed by atoms with Gasteiger partial charge in [0.1, 0.15) is 5.75 Å². The molecule has 0 atom stereocenters. The molecular formula is C18H21N3O2S. The zero-order valence-corrected chi connectivity index (χ0v) is 14.8. The van der Waals surface area contributed by atoms with Crippen molar-refractivity contribution in [3.8, 4) is 5.75 Å². The number of aromatic nitrogens is 2. The van der Waals surface area contributed by atoms with E-state index in [0.717, 1.165) is 30.8 Å². The second-order valence-corrected chi connectivity index (χ2v) is 6.51. The van der Waals surface area contributed by atoms with Crippen LogP contribution < -0.4 is 4.74 Å². The number of nitrogens with zero attached hydrogens (tertiary/aromatic N) is 3. The zero-order valence-electron chi connectivity index (χ0n) is 13.9. The standard InChI is InChI=1S/C18H21N3O2S/c1-3-17-19-20-18(23-17)13-21(12-15-8-6-10-24-15)11-14-7-4-5-9-16(14)22-2/h4-10H,3,11-13H2,1-2H3. The van der Waals surface area contributed by atoms with Gasteiger partial charge >= 0.3 is 0 Å². The van der Waals surface area contributed by atoms with Crippen molar-refractivity contribution in [2.45, 2.75) is 33.0 Å². The van der Waals surface area contributed by atoms with Crippen LogP contribution in [0.25, 0.3) is 0 Å². The van der Waals surface area contributed by atoms with Gasteiger partial charge in [-0.25, -0.2) is 0 Å². The lowest BCUT2D eigenvalue weighted by molar-refractivity contribution is 0.219. The normalized spacial score (nSPS) is 11.1. The van der Waals surface area contributed by atoms with Crippen molar-refractivity contribution in [3.63, 3.8) is 0 Å².